The lowest BCUT2D eigenvalue weighted by Crippen LogP contribution is -2.33. The molecule has 0 heterocycles. The lowest BCUT2D eigenvalue weighted by molar-refractivity contribution is 0.0727. The van der Waals surface area contributed by atoms with Gasteiger partial charge in [0.2, 0.25) is 0 Å². The van der Waals surface area contributed by atoms with Crippen molar-refractivity contribution in [2.45, 2.75) is 115 Å². The van der Waals surface area contributed by atoms with Crippen LogP contribution in [-0.4, -0.2) is 0 Å². The maximum atomic E-state index is 4.13. The predicted molar refractivity (Wildman–Crippen MR) is 112 cm³/mol. The smallest absolute Gasteiger partial charge is 0.0274 e. The average molecular weight is 337 g/mol. The average Bonchev–Trinajstić information content (AvgIpc) is 2.00. The van der Waals surface area contributed by atoms with Gasteiger partial charge in [-0.15, -0.1) is 6.58 Å². The third kappa shape index (κ3) is 11.3. The molecule has 0 nitrogen and oxygen atoms in total. The lowest BCUT2D eigenvalue weighted by Gasteiger charge is -2.44. The van der Waals surface area contributed by atoms with Gasteiger partial charge in [0.1, 0.15) is 0 Å². The number of rotatable bonds is 9. The van der Waals surface area contributed by atoms with E-state index in [0.717, 1.165) is 6.42 Å². The number of hydrogen-bond acceptors (Lipinski definition) is 0. The largest absolute Gasteiger partial charge is 0.100 e. The number of hydrogen-bond donors (Lipinski definition) is 0. The van der Waals surface area contributed by atoms with E-state index in [4.69, 9.17) is 0 Å². The van der Waals surface area contributed by atoms with Crippen LogP contribution in [0.2, 0.25) is 0 Å². The van der Waals surface area contributed by atoms with E-state index < -0.39 is 0 Å². The van der Waals surface area contributed by atoms with E-state index >= 15 is 0 Å². The molecule has 0 aromatic rings. The van der Waals surface area contributed by atoms with E-state index in [2.05, 4.69) is 89.7 Å². The molecule has 0 radical (unpaired) electrons. The van der Waals surface area contributed by atoms with Gasteiger partial charge in [0, 0.05) is 0 Å². The van der Waals surface area contributed by atoms with Crippen molar-refractivity contribution < 1.29 is 0 Å². The Morgan fingerprint density at radius 1 is 0.542 bits per heavy atom. The van der Waals surface area contributed by atoms with Gasteiger partial charge in [-0.3, -0.25) is 0 Å². The summed E-state index contributed by atoms with van der Waals surface area (Å²) in [5.41, 5.74) is 3.18. The zero-order valence-corrected chi connectivity index (χ0v) is 19.2. The molecule has 0 rings (SSSR count). The molecule has 0 aromatic carbocycles. The minimum absolute atomic E-state index is 0.340. The van der Waals surface area contributed by atoms with E-state index in [-0.39, 0.29) is 0 Å². The van der Waals surface area contributed by atoms with Gasteiger partial charge < -0.3 is 0 Å². The van der Waals surface area contributed by atoms with Crippen LogP contribution >= 0.6 is 0 Å². The quantitative estimate of drug-likeness (QED) is 0.369. The first kappa shape index (κ1) is 23.7. The molecule has 0 aromatic heterocycles. The van der Waals surface area contributed by atoms with Gasteiger partial charge in [-0.05, 0) is 66.1 Å². The summed E-state index contributed by atoms with van der Waals surface area (Å²) in [7, 11) is 0. The van der Waals surface area contributed by atoms with Crippen molar-refractivity contribution in [1.82, 2.24) is 0 Å². The second-order valence-corrected chi connectivity index (χ2v) is 13.1. The summed E-state index contributed by atoms with van der Waals surface area (Å²) < 4.78 is 0. The van der Waals surface area contributed by atoms with Crippen LogP contribution < -0.4 is 0 Å². The fourth-order valence-corrected chi connectivity index (χ4v) is 6.39. The van der Waals surface area contributed by atoms with Gasteiger partial charge in [-0.1, -0.05) is 81.7 Å². The molecular formula is C24H48. The summed E-state index contributed by atoms with van der Waals surface area (Å²) in [6.07, 6.45) is 6.25. The van der Waals surface area contributed by atoms with Gasteiger partial charge >= 0.3 is 0 Å². The van der Waals surface area contributed by atoms with Crippen LogP contribution in [0, 0.1) is 27.1 Å². The van der Waals surface area contributed by atoms with Crippen molar-refractivity contribution in [3.63, 3.8) is 0 Å². The van der Waals surface area contributed by atoms with Crippen molar-refractivity contribution in [2.75, 3.05) is 0 Å². The predicted octanol–water partition coefficient (Wildman–Crippen LogP) is 8.66. The second kappa shape index (κ2) is 7.55. The molecule has 0 heteroatoms. The summed E-state index contributed by atoms with van der Waals surface area (Å²) in [6, 6.07) is 0. The molecule has 144 valence electrons. The maximum Gasteiger partial charge on any atom is -0.0274 e. The topological polar surface area (TPSA) is 0 Å². The van der Waals surface area contributed by atoms with Crippen LogP contribution in [0.25, 0.3) is 0 Å². The summed E-state index contributed by atoms with van der Waals surface area (Å²) in [5.74, 6) is 0. The van der Waals surface area contributed by atoms with E-state index in [1.807, 2.05) is 0 Å². The highest BCUT2D eigenvalue weighted by Crippen LogP contribution is 2.49. The van der Waals surface area contributed by atoms with E-state index in [1.54, 1.807) is 0 Å². The minimum atomic E-state index is 0.340. The molecule has 0 unspecified atom stereocenters. The molecule has 24 heavy (non-hydrogen) atoms. The molecule has 0 bridgehead atoms. The van der Waals surface area contributed by atoms with Gasteiger partial charge in [0.05, 0.1) is 0 Å². The van der Waals surface area contributed by atoms with Crippen molar-refractivity contribution in [3.05, 3.63) is 12.2 Å². The molecular weight excluding hydrogens is 288 g/mol. The highest BCUT2D eigenvalue weighted by molar-refractivity contribution is 4.96. The zero-order chi connectivity index (χ0) is 19.6. The summed E-state index contributed by atoms with van der Waals surface area (Å²) in [6.45, 7) is 33.0. The van der Waals surface area contributed by atoms with E-state index in [1.165, 1.54) is 31.3 Å². The number of allylic oxidation sites excluding steroid dienone is 1. The molecule has 0 N–H and O–H groups in total. The van der Waals surface area contributed by atoms with Gasteiger partial charge in [0.15, 0.2) is 0 Å². The Kier molecular flexibility index (Phi) is 7.46. The molecule has 0 saturated carbocycles. The third-order valence-corrected chi connectivity index (χ3v) is 4.66. The fraction of sp³-hybridized carbons (Fsp3) is 0.917. The molecule has 0 amide bonds. The first-order valence-corrected chi connectivity index (χ1v) is 9.89. The summed E-state index contributed by atoms with van der Waals surface area (Å²) in [4.78, 5) is 0. The molecule has 0 aliphatic heterocycles. The van der Waals surface area contributed by atoms with Crippen molar-refractivity contribution in [3.8, 4) is 0 Å². The Bertz CT molecular complexity index is 410. The van der Waals surface area contributed by atoms with E-state index in [9.17, 15) is 0 Å². The Morgan fingerprint density at radius 2 is 0.833 bits per heavy atom. The zero-order valence-electron chi connectivity index (χ0n) is 19.2. The van der Waals surface area contributed by atoms with Crippen LogP contribution in [0.3, 0.4) is 0 Å². The normalized spacial score (nSPS) is 14.8. The highest BCUT2D eigenvalue weighted by Gasteiger charge is 2.37. The third-order valence-electron chi connectivity index (χ3n) is 4.66. The highest BCUT2D eigenvalue weighted by atomic mass is 14.4. The molecule has 0 fully saturated rings. The minimum Gasteiger partial charge on any atom is -0.100 e. The first-order chi connectivity index (χ1) is 10.2. The molecule has 0 aliphatic rings. The molecule has 0 spiro atoms. The lowest BCUT2D eigenvalue weighted by atomic mass is 9.61. The van der Waals surface area contributed by atoms with Crippen LogP contribution in [0.4, 0.5) is 0 Å². The van der Waals surface area contributed by atoms with Crippen molar-refractivity contribution in [1.29, 1.82) is 0 Å². The first-order valence-electron chi connectivity index (χ1n) is 9.89. The van der Waals surface area contributed by atoms with Crippen LogP contribution in [0.15, 0.2) is 12.2 Å². The van der Waals surface area contributed by atoms with Gasteiger partial charge in [-0.25, -0.2) is 0 Å². The Balaban J connectivity index is 4.97. The van der Waals surface area contributed by atoms with Crippen LogP contribution in [0.1, 0.15) is 115 Å². The standard InChI is InChI=1S/C24H48/c1-19(2)14-21(6,7)16-23(10,11)18-24(12,13)17-22(8,9)15-20(3,4)5/h1,14-18H2,2-13H3. The van der Waals surface area contributed by atoms with Gasteiger partial charge in [0.25, 0.3) is 0 Å². The fourth-order valence-electron chi connectivity index (χ4n) is 6.39. The Hall–Kier alpha value is -0.260. The monoisotopic (exact) mass is 336 g/mol. The molecule has 0 aliphatic carbocycles. The Labute approximate surface area is 154 Å². The maximum absolute atomic E-state index is 4.13. The van der Waals surface area contributed by atoms with Crippen molar-refractivity contribution in [2.24, 2.45) is 27.1 Å². The van der Waals surface area contributed by atoms with Gasteiger partial charge in [-0.2, -0.15) is 0 Å². The summed E-state index contributed by atoms with van der Waals surface area (Å²) in [5, 5.41) is 0. The SMILES string of the molecule is C=C(C)CC(C)(C)CC(C)(C)CC(C)(C)CC(C)(C)CC(C)(C)C. The Morgan fingerprint density at radius 3 is 1.12 bits per heavy atom. The van der Waals surface area contributed by atoms with Crippen LogP contribution in [-0.2, 0) is 0 Å². The van der Waals surface area contributed by atoms with Crippen molar-refractivity contribution >= 4 is 0 Å². The molecule has 0 atom stereocenters. The molecule has 0 saturated heterocycles. The van der Waals surface area contributed by atoms with Crippen LogP contribution in [0.5, 0.6) is 0 Å². The van der Waals surface area contributed by atoms with E-state index in [0.29, 0.717) is 27.1 Å². The summed E-state index contributed by atoms with van der Waals surface area (Å²) >= 11 is 0. The second-order valence-electron chi connectivity index (χ2n) is 13.1.